The number of nitrogens with zero attached hydrogens (tertiary/aromatic N) is 3. The molecule has 3 aromatic heterocycles. The van der Waals surface area contributed by atoms with Gasteiger partial charge in [-0.25, -0.2) is 9.97 Å². The summed E-state index contributed by atoms with van der Waals surface area (Å²) in [5, 5.41) is 3.44. The molecule has 0 aliphatic rings. The van der Waals surface area contributed by atoms with E-state index in [2.05, 4.69) is 9.97 Å². The van der Waals surface area contributed by atoms with E-state index >= 15 is 0 Å². The van der Waals surface area contributed by atoms with Crippen LogP contribution in [0.15, 0.2) is 53.0 Å². The standard InChI is InChI=1S/C16H11N3OS/c1-10-2-4-11(5-3-10)19-9-18-14-12-6-7-21-15(12)17-8-13(14)16(19)20/h2-9H,1H3. The number of rotatable bonds is 1. The first-order valence-electron chi connectivity index (χ1n) is 6.55. The largest absolute Gasteiger partial charge is 0.268 e. The molecule has 0 N–H and O–H groups in total. The Hall–Kier alpha value is -2.53. The van der Waals surface area contributed by atoms with Gasteiger partial charge in [0.25, 0.3) is 5.56 Å². The van der Waals surface area contributed by atoms with Crippen molar-refractivity contribution >= 4 is 32.5 Å². The first-order chi connectivity index (χ1) is 10.2. The number of thiophene rings is 1. The molecule has 0 amide bonds. The van der Waals surface area contributed by atoms with Gasteiger partial charge in [-0.3, -0.25) is 9.36 Å². The van der Waals surface area contributed by atoms with E-state index in [-0.39, 0.29) is 5.56 Å². The highest BCUT2D eigenvalue weighted by atomic mass is 32.1. The Bertz CT molecular complexity index is 1020. The van der Waals surface area contributed by atoms with E-state index < -0.39 is 0 Å². The van der Waals surface area contributed by atoms with Crippen LogP contribution in [0.1, 0.15) is 5.56 Å². The first-order valence-corrected chi connectivity index (χ1v) is 7.42. The summed E-state index contributed by atoms with van der Waals surface area (Å²) >= 11 is 1.55. The van der Waals surface area contributed by atoms with Crippen molar-refractivity contribution in [1.82, 2.24) is 14.5 Å². The summed E-state index contributed by atoms with van der Waals surface area (Å²) in [5.41, 5.74) is 2.59. The molecule has 0 aliphatic heterocycles. The number of hydrogen-bond donors (Lipinski definition) is 0. The summed E-state index contributed by atoms with van der Waals surface area (Å²) in [4.78, 5) is 22.4. The fraction of sp³-hybridized carbons (Fsp3) is 0.0625. The quantitative estimate of drug-likeness (QED) is 0.541. The Morgan fingerprint density at radius 1 is 1.05 bits per heavy atom. The second-order valence-corrected chi connectivity index (χ2v) is 5.81. The van der Waals surface area contributed by atoms with Crippen LogP contribution in [0.2, 0.25) is 0 Å². The number of aromatic nitrogens is 3. The van der Waals surface area contributed by atoms with Gasteiger partial charge in [-0.05, 0) is 30.5 Å². The third kappa shape index (κ3) is 1.86. The maximum Gasteiger partial charge on any atom is 0.267 e. The lowest BCUT2D eigenvalue weighted by Gasteiger charge is -2.07. The lowest BCUT2D eigenvalue weighted by atomic mass is 10.2. The molecule has 3 heterocycles. The van der Waals surface area contributed by atoms with E-state index in [1.807, 2.05) is 42.6 Å². The summed E-state index contributed by atoms with van der Waals surface area (Å²) < 4.78 is 1.56. The predicted molar refractivity (Wildman–Crippen MR) is 85.3 cm³/mol. The molecule has 1 aromatic carbocycles. The van der Waals surface area contributed by atoms with Crippen LogP contribution in [0.3, 0.4) is 0 Å². The number of hydrogen-bond acceptors (Lipinski definition) is 4. The topological polar surface area (TPSA) is 47.8 Å². The van der Waals surface area contributed by atoms with Gasteiger partial charge in [0.15, 0.2) is 0 Å². The van der Waals surface area contributed by atoms with Crippen molar-refractivity contribution < 1.29 is 0 Å². The molecule has 5 heteroatoms. The normalized spacial score (nSPS) is 11.3. The van der Waals surface area contributed by atoms with E-state index in [0.717, 1.165) is 27.0 Å². The Morgan fingerprint density at radius 3 is 2.67 bits per heavy atom. The van der Waals surface area contributed by atoms with Crippen LogP contribution >= 0.6 is 11.3 Å². The van der Waals surface area contributed by atoms with E-state index in [1.54, 1.807) is 28.4 Å². The molecule has 0 unspecified atom stereocenters. The monoisotopic (exact) mass is 293 g/mol. The molecule has 0 spiro atoms. The van der Waals surface area contributed by atoms with Crippen LogP contribution in [-0.2, 0) is 0 Å². The maximum absolute atomic E-state index is 12.7. The molecule has 0 atom stereocenters. The fourth-order valence-electron chi connectivity index (χ4n) is 2.39. The van der Waals surface area contributed by atoms with E-state index in [1.165, 1.54) is 0 Å². The molecule has 0 bridgehead atoms. The van der Waals surface area contributed by atoms with Gasteiger partial charge in [-0.2, -0.15) is 0 Å². The summed E-state index contributed by atoms with van der Waals surface area (Å²) in [5.74, 6) is 0. The van der Waals surface area contributed by atoms with Gasteiger partial charge in [0.1, 0.15) is 11.2 Å². The van der Waals surface area contributed by atoms with Crippen molar-refractivity contribution in [2.24, 2.45) is 0 Å². The van der Waals surface area contributed by atoms with Crippen molar-refractivity contribution in [3.8, 4) is 5.69 Å². The second-order valence-electron chi connectivity index (χ2n) is 4.92. The smallest absolute Gasteiger partial charge is 0.267 e. The Kier molecular flexibility index (Phi) is 2.62. The van der Waals surface area contributed by atoms with Crippen molar-refractivity contribution in [3.05, 3.63) is 64.2 Å². The lowest BCUT2D eigenvalue weighted by Crippen LogP contribution is -2.19. The van der Waals surface area contributed by atoms with Gasteiger partial charge in [0.05, 0.1) is 16.6 Å². The van der Waals surface area contributed by atoms with Crippen molar-refractivity contribution in [2.75, 3.05) is 0 Å². The van der Waals surface area contributed by atoms with Gasteiger partial charge in [-0.15, -0.1) is 11.3 Å². The van der Waals surface area contributed by atoms with E-state index in [4.69, 9.17) is 0 Å². The Labute approximate surface area is 124 Å². The van der Waals surface area contributed by atoms with Crippen LogP contribution in [-0.4, -0.2) is 14.5 Å². The highest BCUT2D eigenvalue weighted by Crippen LogP contribution is 2.24. The SMILES string of the molecule is Cc1ccc(-n2cnc3c(cnc4sccc43)c2=O)cc1. The van der Waals surface area contributed by atoms with E-state index in [9.17, 15) is 4.79 Å². The van der Waals surface area contributed by atoms with Crippen LogP contribution in [0.4, 0.5) is 0 Å². The predicted octanol–water partition coefficient (Wildman–Crippen LogP) is 3.30. The molecule has 0 aliphatic carbocycles. The zero-order chi connectivity index (χ0) is 14.4. The molecule has 0 fully saturated rings. The highest BCUT2D eigenvalue weighted by molar-refractivity contribution is 7.16. The third-order valence-corrected chi connectivity index (χ3v) is 4.35. The third-order valence-electron chi connectivity index (χ3n) is 3.53. The molecule has 4 rings (SSSR count). The molecule has 4 nitrogen and oxygen atoms in total. The molecule has 0 radical (unpaired) electrons. The minimum absolute atomic E-state index is 0.0931. The first kappa shape index (κ1) is 12.2. The van der Waals surface area contributed by atoms with Crippen LogP contribution < -0.4 is 5.56 Å². The van der Waals surface area contributed by atoms with Gasteiger partial charge in [-0.1, -0.05) is 17.7 Å². The van der Waals surface area contributed by atoms with Gasteiger partial charge < -0.3 is 0 Å². The zero-order valence-electron chi connectivity index (χ0n) is 11.3. The zero-order valence-corrected chi connectivity index (χ0v) is 12.1. The summed E-state index contributed by atoms with van der Waals surface area (Å²) in [6, 6.07) is 9.75. The maximum atomic E-state index is 12.7. The molecular weight excluding hydrogens is 282 g/mol. The lowest BCUT2D eigenvalue weighted by molar-refractivity contribution is 0.962. The van der Waals surface area contributed by atoms with Crippen molar-refractivity contribution in [3.63, 3.8) is 0 Å². The minimum atomic E-state index is -0.0931. The highest BCUT2D eigenvalue weighted by Gasteiger charge is 2.10. The van der Waals surface area contributed by atoms with Gasteiger partial charge in [0.2, 0.25) is 0 Å². The molecule has 102 valence electrons. The fourth-order valence-corrected chi connectivity index (χ4v) is 3.13. The minimum Gasteiger partial charge on any atom is -0.268 e. The van der Waals surface area contributed by atoms with Crippen LogP contribution in [0.25, 0.3) is 26.8 Å². The molecule has 4 aromatic rings. The van der Waals surface area contributed by atoms with Crippen LogP contribution in [0.5, 0.6) is 0 Å². The average Bonchev–Trinajstić information content (AvgIpc) is 2.97. The van der Waals surface area contributed by atoms with Crippen molar-refractivity contribution in [1.29, 1.82) is 0 Å². The molecule has 21 heavy (non-hydrogen) atoms. The molecular formula is C16H11N3OS. The van der Waals surface area contributed by atoms with Crippen LogP contribution in [0, 0.1) is 6.92 Å². The summed E-state index contributed by atoms with van der Waals surface area (Å²) in [6.07, 6.45) is 3.21. The number of pyridine rings is 1. The van der Waals surface area contributed by atoms with E-state index in [0.29, 0.717) is 5.39 Å². The Morgan fingerprint density at radius 2 is 1.86 bits per heavy atom. The van der Waals surface area contributed by atoms with Gasteiger partial charge in [0, 0.05) is 11.6 Å². The average molecular weight is 293 g/mol. The number of benzene rings is 1. The number of fused-ring (bicyclic) bond motifs is 3. The van der Waals surface area contributed by atoms with Gasteiger partial charge >= 0.3 is 0 Å². The Balaban J connectivity index is 2.04. The summed E-state index contributed by atoms with van der Waals surface area (Å²) in [6.45, 7) is 2.02. The van der Waals surface area contributed by atoms with Crippen molar-refractivity contribution in [2.45, 2.75) is 6.92 Å². The molecule has 0 saturated heterocycles. The molecule has 0 saturated carbocycles. The number of aryl methyl sites for hydroxylation is 1. The second kappa shape index (κ2) is 4.49. The summed E-state index contributed by atoms with van der Waals surface area (Å²) in [7, 11) is 0.